The number of rotatable bonds is 1. The lowest BCUT2D eigenvalue weighted by Gasteiger charge is -2.07. The summed E-state index contributed by atoms with van der Waals surface area (Å²) in [7, 11) is 0. The third-order valence-electron chi connectivity index (χ3n) is 2.92. The lowest BCUT2D eigenvalue weighted by atomic mass is 9.97. The van der Waals surface area contributed by atoms with E-state index in [2.05, 4.69) is 10.1 Å². The van der Waals surface area contributed by atoms with Gasteiger partial charge in [0.1, 0.15) is 5.78 Å². The topological polar surface area (TPSA) is 68.0 Å². The first-order chi connectivity index (χ1) is 8.25. The van der Waals surface area contributed by atoms with Gasteiger partial charge in [-0.25, -0.2) is 4.98 Å². The third kappa shape index (κ3) is 1.60. The van der Waals surface area contributed by atoms with Crippen LogP contribution in [-0.4, -0.2) is 25.7 Å². The number of hydrogen-bond acceptors (Lipinski definition) is 4. The average Bonchev–Trinajstić information content (AvgIpc) is 2.68. The van der Waals surface area contributed by atoms with Gasteiger partial charge >= 0.3 is 0 Å². The van der Waals surface area contributed by atoms with E-state index in [-0.39, 0.29) is 18.1 Å². The highest BCUT2D eigenvalue weighted by Crippen LogP contribution is 2.28. The standard InChI is InChI=1S/C12H11N3O2/c16-8-4-5-10-9(7-8)12(17)15(14-10)11-3-1-2-6-13-11/h1-3,6,17H,4-5,7H2. The van der Waals surface area contributed by atoms with Crippen LogP contribution < -0.4 is 0 Å². The maximum absolute atomic E-state index is 11.4. The summed E-state index contributed by atoms with van der Waals surface area (Å²) in [6, 6.07) is 5.39. The Balaban J connectivity index is 2.11. The SMILES string of the molecule is O=C1CCc2nn(-c3ccccn3)c(O)c2C1. The van der Waals surface area contributed by atoms with Gasteiger partial charge in [0, 0.05) is 24.6 Å². The number of carbonyl (C=O) groups excluding carboxylic acids is 1. The van der Waals surface area contributed by atoms with Gasteiger partial charge in [0.05, 0.1) is 5.69 Å². The van der Waals surface area contributed by atoms with Crippen molar-refractivity contribution >= 4 is 5.78 Å². The number of aromatic hydroxyl groups is 1. The Bertz CT molecular complexity index is 575. The molecule has 0 radical (unpaired) electrons. The normalized spacial score (nSPS) is 14.7. The van der Waals surface area contributed by atoms with Crippen molar-refractivity contribution in [3.63, 3.8) is 0 Å². The summed E-state index contributed by atoms with van der Waals surface area (Å²) in [5, 5.41) is 14.4. The fraction of sp³-hybridized carbons (Fsp3) is 0.250. The van der Waals surface area contributed by atoms with E-state index >= 15 is 0 Å². The highest BCUT2D eigenvalue weighted by molar-refractivity contribution is 5.83. The molecule has 0 fully saturated rings. The van der Waals surface area contributed by atoms with Gasteiger partial charge in [-0.3, -0.25) is 4.79 Å². The second kappa shape index (κ2) is 3.69. The Labute approximate surface area is 97.7 Å². The first-order valence-corrected chi connectivity index (χ1v) is 5.48. The molecular formula is C12H11N3O2. The molecule has 0 saturated heterocycles. The van der Waals surface area contributed by atoms with E-state index < -0.39 is 0 Å². The Kier molecular flexibility index (Phi) is 2.18. The van der Waals surface area contributed by atoms with Crippen LogP contribution in [0.5, 0.6) is 5.88 Å². The van der Waals surface area contributed by atoms with Crippen LogP contribution in [0.25, 0.3) is 5.82 Å². The predicted molar refractivity (Wildman–Crippen MR) is 60.1 cm³/mol. The molecule has 1 N–H and O–H groups in total. The predicted octanol–water partition coefficient (Wildman–Crippen LogP) is 1.03. The highest BCUT2D eigenvalue weighted by Gasteiger charge is 2.25. The molecule has 0 atom stereocenters. The average molecular weight is 229 g/mol. The number of ketones is 1. The number of fused-ring (bicyclic) bond motifs is 1. The van der Waals surface area contributed by atoms with Gasteiger partial charge in [0.25, 0.3) is 0 Å². The van der Waals surface area contributed by atoms with Crippen LogP contribution in [0.3, 0.4) is 0 Å². The molecule has 1 aliphatic rings. The number of carbonyl (C=O) groups is 1. The smallest absolute Gasteiger partial charge is 0.219 e. The maximum Gasteiger partial charge on any atom is 0.219 e. The summed E-state index contributed by atoms with van der Waals surface area (Å²) in [4.78, 5) is 15.5. The van der Waals surface area contributed by atoms with Crippen LogP contribution >= 0.6 is 0 Å². The minimum atomic E-state index is 0.0340. The van der Waals surface area contributed by atoms with E-state index in [1.54, 1.807) is 18.3 Å². The van der Waals surface area contributed by atoms with Crippen LogP contribution in [0.1, 0.15) is 17.7 Å². The van der Waals surface area contributed by atoms with E-state index in [0.717, 1.165) is 5.69 Å². The van der Waals surface area contributed by atoms with Gasteiger partial charge in [0.2, 0.25) is 5.88 Å². The van der Waals surface area contributed by atoms with Gasteiger partial charge in [0.15, 0.2) is 5.82 Å². The van der Waals surface area contributed by atoms with Crippen molar-refractivity contribution in [2.24, 2.45) is 0 Å². The molecule has 0 aliphatic heterocycles. The quantitative estimate of drug-likeness (QED) is 0.793. The lowest BCUT2D eigenvalue weighted by Crippen LogP contribution is -2.11. The summed E-state index contributed by atoms with van der Waals surface area (Å²) in [6.07, 6.45) is 3.02. The second-order valence-corrected chi connectivity index (χ2v) is 4.06. The molecule has 0 amide bonds. The Hall–Kier alpha value is -2.17. The largest absolute Gasteiger partial charge is 0.493 e. The molecule has 5 heteroatoms. The number of pyridine rings is 1. The molecule has 86 valence electrons. The van der Waals surface area contributed by atoms with Crippen molar-refractivity contribution < 1.29 is 9.90 Å². The Morgan fingerprint density at radius 1 is 1.29 bits per heavy atom. The number of nitrogens with zero attached hydrogens (tertiary/aromatic N) is 3. The molecule has 1 aliphatic carbocycles. The zero-order chi connectivity index (χ0) is 11.8. The van der Waals surface area contributed by atoms with Crippen LogP contribution in [-0.2, 0) is 17.6 Å². The zero-order valence-electron chi connectivity index (χ0n) is 9.13. The molecule has 3 rings (SSSR count). The molecule has 2 aromatic rings. The van der Waals surface area contributed by atoms with E-state index in [4.69, 9.17) is 0 Å². The molecule has 0 unspecified atom stereocenters. The van der Waals surface area contributed by atoms with E-state index in [1.165, 1.54) is 4.68 Å². The van der Waals surface area contributed by atoms with Crippen LogP contribution in [0.15, 0.2) is 24.4 Å². The van der Waals surface area contributed by atoms with Gasteiger partial charge in [-0.15, -0.1) is 0 Å². The molecule has 0 bridgehead atoms. The number of aromatic nitrogens is 3. The number of Topliss-reactive ketones (excluding diaryl/α,β-unsaturated/α-hetero) is 1. The molecule has 5 nitrogen and oxygen atoms in total. The Morgan fingerprint density at radius 3 is 2.94 bits per heavy atom. The molecular weight excluding hydrogens is 218 g/mol. The summed E-state index contributed by atoms with van der Waals surface area (Å²) in [5.41, 5.74) is 1.44. The van der Waals surface area contributed by atoms with Crippen molar-refractivity contribution in [1.82, 2.24) is 14.8 Å². The van der Waals surface area contributed by atoms with Gasteiger partial charge in [-0.05, 0) is 18.6 Å². The van der Waals surface area contributed by atoms with Crippen LogP contribution in [0.2, 0.25) is 0 Å². The highest BCUT2D eigenvalue weighted by atomic mass is 16.3. The van der Waals surface area contributed by atoms with Crippen molar-refractivity contribution in [2.45, 2.75) is 19.3 Å². The van der Waals surface area contributed by atoms with Gasteiger partial charge < -0.3 is 5.11 Å². The minimum absolute atomic E-state index is 0.0340. The van der Waals surface area contributed by atoms with Crippen molar-refractivity contribution in [3.8, 4) is 11.7 Å². The van der Waals surface area contributed by atoms with E-state index in [0.29, 0.717) is 24.2 Å². The number of aryl methyl sites for hydroxylation is 1. The summed E-state index contributed by atoms with van der Waals surface area (Å²) < 4.78 is 1.39. The van der Waals surface area contributed by atoms with Gasteiger partial charge in [-0.1, -0.05) is 6.07 Å². The van der Waals surface area contributed by atoms with Crippen LogP contribution in [0, 0.1) is 0 Å². The zero-order valence-corrected chi connectivity index (χ0v) is 9.13. The van der Waals surface area contributed by atoms with Crippen molar-refractivity contribution in [3.05, 3.63) is 35.7 Å². The summed E-state index contributed by atoms with van der Waals surface area (Å²) in [5.74, 6) is 0.743. The first kappa shape index (κ1) is 10.0. The molecule has 0 spiro atoms. The fourth-order valence-corrected chi connectivity index (χ4v) is 2.05. The molecule has 2 heterocycles. The monoisotopic (exact) mass is 229 g/mol. The summed E-state index contributed by atoms with van der Waals surface area (Å²) in [6.45, 7) is 0. The van der Waals surface area contributed by atoms with E-state index in [1.807, 2.05) is 6.07 Å². The van der Waals surface area contributed by atoms with Crippen LogP contribution in [0.4, 0.5) is 0 Å². The van der Waals surface area contributed by atoms with Crippen molar-refractivity contribution in [1.29, 1.82) is 0 Å². The summed E-state index contributed by atoms with van der Waals surface area (Å²) >= 11 is 0. The fourth-order valence-electron chi connectivity index (χ4n) is 2.05. The van der Waals surface area contributed by atoms with Gasteiger partial charge in [-0.2, -0.15) is 9.78 Å². The van der Waals surface area contributed by atoms with E-state index in [9.17, 15) is 9.90 Å². The third-order valence-corrected chi connectivity index (χ3v) is 2.92. The molecule has 2 aromatic heterocycles. The molecule has 0 saturated carbocycles. The van der Waals surface area contributed by atoms with Crippen molar-refractivity contribution in [2.75, 3.05) is 0 Å². The second-order valence-electron chi connectivity index (χ2n) is 4.06. The molecule has 17 heavy (non-hydrogen) atoms. The minimum Gasteiger partial charge on any atom is -0.493 e. The Morgan fingerprint density at radius 2 is 2.18 bits per heavy atom. The molecule has 0 aromatic carbocycles. The number of hydrogen-bond donors (Lipinski definition) is 1. The first-order valence-electron chi connectivity index (χ1n) is 5.48. The maximum atomic E-state index is 11.4. The lowest BCUT2D eigenvalue weighted by molar-refractivity contribution is -0.118.